The van der Waals surface area contributed by atoms with E-state index < -0.39 is 0 Å². The van der Waals surface area contributed by atoms with Crippen LogP contribution in [0.5, 0.6) is 0 Å². The number of nitrogens with zero attached hydrogens (tertiary/aromatic N) is 1. The lowest BCUT2D eigenvalue weighted by atomic mass is 10.0. The van der Waals surface area contributed by atoms with Gasteiger partial charge in [-0.05, 0) is 50.4 Å². The molecule has 3 atom stereocenters. The molecule has 4 heteroatoms. The Morgan fingerprint density at radius 2 is 2.33 bits per heavy atom. The van der Waals surface area contributed by atoms with Gasteiger partial charge in [0.15, 0.2) is 0 Å². The van der Waals surface area contributed by atoms with Gasteiger partial charge in [0.2, 0.25) is 0 Å². The Morgan fingerprint density at radius 3 is 3.14 bits per heavy atom. The number of hydrogen-bond acceptors (Lipinski definition) is 3. The molecule has 1 aromatic rings. The van der Waals surface area contributed by atoms with Crippen LogP contribution in [0.15, 0.2) is 24.3 Å². The fraction of sp³-hybridized carbons (Fsp3) is 0.647. The molecule has 1 saturated carbocycles. The molecule has 3 unspecified atom stereocenters. The van der Waals surface area contributed by atoms with Crippen molar-refractivity contribution in [3.63, 3.8) is 0 Å². The first-order chi connectivity index (χ1) is 10.3. The van der Waals surface area contributed by atoms with Crippen LogP contribution < -0.4 is 5.32 Å². The zero-order chi connectivity index (χ0) is 14.7. The van der Waals surface area contributed by atoms with E-state index in [0.717, 1.165) is 31.1 Å². The molecule has 1 N–H and O–H groups in total. The molecule has 0 spiro atoms. The molecule has 1 heterocycles. The average molecular weight is 309 g/mol. The molecule has 1 aliphatic heterocycles. The maximum Gasteiger partial charge on any atom is 0.0730 e. The van der Waals surface area contributed by atoms with Crippen LogP contribution in [0.4, 0.5) is 0 Å². The summed E-state index contributed by atoms with van der Waals surface area (Å²) in [6, 6.07) is 9.21. The summed E-state index contributed by atoms with van der Waals surface area (Å²) in [5, 5.41) is 4.24. The van der Waals surface area contributed by atoms with Crippen LogP contribution in [0.25, 0.3) is 0 Å². The summed E-state index contributed by atoms with van der Waals surface area (Å²) in [5.41, 5.74) is 1.28. The number of ether oxygens (including phenoxy) is 1. The first kappa shape index (κ1) is 15.3. The highest BCUT2D eigenvalue weighted by molar-refractivity contribution is 6.30. The van der Waals surface area contributed by atoms with Crippen LogP contribution in [-0.4, -0.2) is 43.8 Å². The Hall–Kier alpha value is -0.610. The quantitative estimate of drug-likeness (QED) is 0.904. The molecule has 0 aromatic heterocycles. The Balaban J connectivity index is 1.60. The van der Waals surface area contributed by atoms with Crippen LogP contribution in [-0.2, 0) is 4.74 Å². The van der Waals surface area contributed by atoms with E-state index in [0.29, 0.717) is 18.2 Å². The molecule has 21 heavy (non-hydrogen) atoms. The van der Waals surface area contributed by atoms with Crippen molar-refractivity contribution in [3.8, 4) is 0 Å². The van der Waals surface area contributed by atoms with Crippen molar-refractivity contribution in [1.29, 1.82) is 0 Å². The highest BCUT2D eigenvalue weighted by atomic mass is 35.5. The summed E-state index contributed by atoms with van der Waals surface area (Å²) < 4.78 is 5.89. The maximum absolute atomic E-state index is 6.11. The fourth-order valence-electron chi connectivity index (χ4n) is 3.78. The van der Waals surface area contributed by atoms with Crippen LogP contribution in [0.2, 0.25) is 5.02 Å². The summed E-state index contributed by atoms with van der Waals surface area (Å²) in [6.07, 6.45) is 5.45. The lowest BCUT2D eigenvalue weighted by Crippen LogP contribution is -2.49. The molecule has 1 aromatic carbocycles. The summed E-state index contributed by atoms with van der Waals surface area (Å²) in [4.78, 5) is 2.63. The van der Waals surface area contributed by atoms with E-state index in [1.165, 1.54) is 24.8 Å². The minimum absolute atomic E-state index is 0.367. The molecular formula is C17H25ClN2O. The zero-order valence-electron chi connectivity index (χ0n) is 12.7. The molecule has 0 radical (unpaired) electrons. The van der Waals surface area contributed by atoms with E-state index >= 15 is 0 Å². The van der Waals surface area contributed by atoms with Crippen molar-refractivity contribution in [1.82, 2.24) is 10.2 Å². The Bertz CT molecular complexity index is 468. The van der Waals surface area contributed by atoms with Gasteiger partial charge < -0.3 is 10.1 Å². The van der Waals surface area contributed by atoms with Gasteiger partial charge in [0, 0.05) is 30.2 Å². The van der Waals surface area contributed by atoms with Crippen molar-refractivity contribution in [2.45, 2.75) is 43.9 Å². The first-order valence-electron chi connectivity index (χ1n) is 8.06. The number of benzene rings is 1. The third kappa shape index (κ3) is 3.59. The molecule has 0 bridgehead atoms. The molecule has 1 aliphatic carbocycles. The van der Waals surface area contributed by atoms with E-state index in [2.05, 4.69) is 22.3 Å². The standard InChI is InChI=1S/C17H25ClN2O/c1-19-15(13-4-2-5-14(18)12-13)8-9-20-10-11-21-17-7-3-6-16(17)20/h2,4-5,12,15-17,19H,3,6-11H2,1H3. The summed E-state index contributed by atoms with van der Waals surface area (Å²) in [5.74, 6) is 0. The van der Waals surface area contributed by atoms with Gasteiger partial charge in [-0.15, -0.1) is 0 Å². The van der Waals surface area contributed by atoms with Crippen molar-refractivity contribution in [2.75, 3.05) is 26.7 Å². The predicted octanol–water partition coefficient (Wildman–Crippen LogP) is 3.24. The number of rotatable bonds is 5. The van der Waals surface area contributed by atoms with Crippen LogP contribution >= 0.6 is 11.6 Å². The molecule has 3 rings (SSSR count). The Morgan fingerprint density at radius 1 is 1.43 bits per heavy atom. The normalized spacial score (nSPS) is 27.5. The lowest BCUT2D eigenvalue weighted by Gasteiger charge is -2.38. The van der Waals surface area contributed by atoms with Crippen molar-refractivity contribution in [3.05, 3.63) is 34.9 Å². The van der Waals surface area contributed by atoms with Crippen LogP contribution in [0, 0.1) is 0 Å². The average Bonchev–Trinajstić information content (AvgIpc) is 2.97. The van der Waals surface area contributed by atoms with Gasteiger partial charge in [-0.25, -0.2) is 0 Å². The van der Waals surface area contributed by atoms with Crippen LogP contribution in [0.1, 0.15) is 37.3 Å². The smallest absolute Gasteiger partial charge is 0.0730 e. The number of hydrogen-bond donors (Lipinski definition) is 1. The number of halogens is 1. The van der Waals surface area contributed by atoms with Gasteiger partial charge in [0.1, 0.15) is 0 Å². The van der Waals surface area contributed by atoms with E-state index in [1.807, 2.05) is 19.2 Å². The number of morpholine rings is 1. The largest absolute Gasteiger partial charge is 0.375 e. The van der Waals surface area contributed by atoms with E-state index in [1.54, 1.807) is 0 Å². The highest BCUT2D eigenvalue weighted by Crippen LogP contribution is 2.30. The van der Waals surface area contributed by atoms with Crippen LogP contribution in [0.3, 0.4) is 0 Å². The van der Waals surface area contributed by atoms with Gasteiger partial charge >= 0.3 is 0 Å². The lowest BCUT2D eigenvalue weighted by molar-refractivity contribution is -0.0563. The van der Waals surface area contributed by atoms with Crippen molar-refractivity contribution in [2.24, 2.45) is 0 Å². The second-order valence-electron chi connectivity index (χ2n) is 6.13. The minimum Gasteiger partial charge on any atom is -0.375 e. The molecular weight excluding hydrogens is 284 g/mol. The van der Waals surface area contributed by atoms with Gasteiger partial charge in [0.25, 0.3) is 0 Å². The monoisotopic (exact) mass is 308 g/mol. The van der Waals surface area contributed by atoms with E-state index in [-0.39, 0.29) is 0 Å². The third-order valence-electron chi connectivity index (χ3n) is 4.90. The minimum atomic E-state index is 0.367. The topological polar surface area (TPSA) is 24.5 Å². The first-order valence-corrected chi connectivity index (χ1v) is 8.44. The Kier molecular flexibility index (Phi) is 5.17. The highest BCUT2D eigenvalue weighted by Gasteiger charge is 2.35. The van der Waals surface area contributed by atoms with E-state index in [4.69, 9.17) is 16.3 Å². The zero-order valence-corrected chi connectivity index (χ0v) is 13.5. The summed E-state index contributed by atoms with van der Waals surface area (Å²) in [7, 11) is 2.03. The predicted molar refractivity (Wildman–Crippen MR) is 86.8 cm³/mol. The van der Waals surface area contributed by atoms with Crippen molar-refractivity contribution < 1.29 is 4.74 Å². The maximum atomic E-state index is 6.11. The Labute approximate surface area is 132 Å². The molecule has 3 nitrogen and oxygen atoms in total. The van der Waals surface area contributed by atoms with Gasteiger partial charge in [0.05, 0.1) is 12.7 Å². The van der Waals surface area contributed by atoms with Crippen molar-refractivity contribution >= 4 is 11.6 Å². The van der Waals surface area contributed by atoms with Gasteiger partial charge in [-0.2, -0.15) is 0 Å². The third-order valence-corrected chi connectivity index (χ3v) is 5.14. The SMILES string of the molecule is CNC(CCN1CCOC2CCCC21)c1cccc(Cl)c1. The summed E-state index contributed by atoms with van der Waals surface area (Å²) in [6.45, 7) is 3.10. The second-order valence-corrected chi connectivity index (χ2v) is 6.56. The number of nitrogens with one attached hydrogen (secondary N) is 1. The second kappa shape index (κ2) is 7.10. The number of fused-ring (bicyclic) bond motifs is 1. The summed E-state index contributed by atoms with van der Waals surface area (Å²) >= 11 is 6.11. The molecule has 2 aliphatic rings. The van der Waals surface area contributed by atoms with Gasteiger partial charge in [-0.1, -0.05) is 23.7 Å². The molecule has 2 fully saturated rings. The van der Waals surface area contributed by atoms with Gasteiger partial charge in [-0.3, -0.25) is 4.90 Å². The molecule has 1 saturated heterocycles. The van der Waals surface area contributed by atoms with E-state index in [9.17, 15) is 0 Å². The molecule has 116 valence electrons. The fourth-order valence-corrected chi connectivity index (χ4v) is 3.98. The molecule has 0 amide bonds.